The number of fused-ring (bicyclic) bond motifs is 2. The van der Waals surface area contributed by atoms with Gasteiger partial charge in [-0.25, -0.2) is 9.78 Å². The number of hydrogen-bond acceptors (Lipinski definition) is 8. The molecule has 2 aromatic carbocycles. The molecule has 212 valence electrons. The number of H-pyrrole nitrogens is 1. The molecule has 1 fully saturated rings. The second-order valence-corrected chi connectivity index (χ2v) is 11.3. The number of benzene rings is 2. The van der Waals surface area contributed by atoms with Crippen LogP contribution in [0, 0.1) is 16.7 Å². The first kappa shape index (κ1) is 28.1. The van der Waals surface area contributed by atoms with Crippen molar-refractivity contribution in [1.82, 2.24) is 19.9 Å². The Morgan fingerprint density at radius 3 is 2.68 bits per heavy atom. The Morgan fingerprint density at radius 2 is 1.98 bits per heavy atom. The Kier molecular flexibility index (Phi) is 7.46. The number of aliphatic hydroxyl groups is 1. The van der Waals surface area contributed by atoms with Crippen LogP contribution in [0.4, 0.5) is 10.6 Å². The number of carbonyl (C=O) groups excluding carboxylic acids is 1. The Hall–Kier alpha value is -4.40. The first-order valence-electron chi connectivity index (χ1n) is 13.1. The van der Waals surface area contributed by atoms with Crippen molar-refractivity contribution < 1.29 is 24.5 Å². The van der Waals surface area contributed by atoms with E-state index in [2.05, 4.69) is 21.0 Å². The standard InChI is InChI=1S/C29H29ClN6O5/c1-29(2,3)26(38)41-18-12-16-6-4-5-7-19(16)20(13-18)24(37)21-14-32-23-22(21)33-27(30)34-25(23)35-10-11-36(28(39)40)17(15-35)8-9-31/h4-7,12-14,17,24,32,37H,8,10-11,15H2,1-3H3,(H,39,40)/t17-,24?/m0/s1. The summed E-state index contributed by atoms with van der Waals surface area (Å²) in [5.74, 6) is 0.358. The number of nitrogens with zero attached hydrogens (tertiary/aromatic N) is 5. The molecule has 4 aromatic rings. The van der Waals surface area contributed by atoms with Crippen molar-refractivity contribution in [2.24, 2.45) is 5.41 Å². The van der Waals surface area contributed by atoms with E-state index < -0.39 is 29.6 Å². The van der Waals surface area contributed by atoms with Gasteiger partial charge in [-0.3, -0.25) is 4.79 Å². The molecule has 2 aromatic heterocycles. The van der Waals surface area contributed by atoms with Crippen LogP contribution in [0.1, 0.15) is 44.4 Å². The molecule has 3 heterocycles. The lowest BCUT2D eigenvalue weighted by Crippen LogP contribution is -2.55. The minimum Gasteiger partial charge on any atom is -0.465 e. The maximum atomic E-state index is 12.6. The fraction of sp³-hybridized carbons (Fsp3) is 0.345. The second-order valence-electron chi connectivity index (χ2n) is 11.0. The fourth-order valence-corrected chi connectivity index (χ4v) is 5.19. The molecule has 0 saturated carbocycles. The van der Waals surface area contributed by atoms with Crippen LogP contribution in [0.3, 0.4) is 0 Å². The third-order valence-electron chi connectivity index (χ3n) is 7.14. The third kappa shape index (κ3) is 5.49. The summed E-state index contributed by atoms with van der Waals surface area (Å²) in [4.78, 5) is 39.4. The predicted molar refractivity (Wildman–Crippen MR) is 153 cm³/mol. The van der Waals surface area contributed by atoms with Crippen LogP contribution in [0.5, 0.6) is 5.75 Å². The van der Waals surface area contributed by atoms with Crippen molar-refractivity contribution in [2.75, 3.05) is 24.5 Å². The number of amides is 1. The van der Waals surface area contributed by atoms with Crippen LogP contribution >= 0.6 is 11.6 Å². The van der Waals surface area contributed by atoms with Crippen molar-refractivity contribution in [3.05, 3.63) is 59.0 Å². The van der Waals surface area contributed by atoms with Crippen molar-refractivity contribution in [2.45, 2.75) is 39.3 Å². The van der Waals surface area contributed by atoms with E-state index in [1.54, 1.807) is 39.1 Å². The SMILES string of the molecule is CC(C)(C)C(=O)Oc1cc(C(O)c2c[nH]c3c(N4CCN(C(=O)O)[C@@H](CC#N)C4)nc(Cl)nc23)c2ccccc2c1. The van der Waals surface area contributed by atoms with E-state index >= 15 is 0 Å². The Morgan fingerprint density at radius 1 is 1.22 bits per heavy atom. The Labute approximate surface area is 240 Å². The highest BCUT2D eigenvalue weighted by Crippen LogP contribution is 2.38. The molecule has 5 rings (SSSR count). The maximum absolute atomic E-state index is 12.6. The summed E-state index contributed by atoms with van der Waals surface area (Å²) < 4.78 is 5.68. The summed E-state index contributed by atoms with van der Waals surface area (Å²) in [5.41, 5.74) is 1.15. The number of carbonyl (C=O) groups is 2. The van der Waals surface area contributed by atoms with E-state index in [0.717, 1.165) is 10.8 Å². The average Bonchev–Trinajstić information content (AvgIpc) is 3.35. The third-order valence-corrected chi connectivity index (χ3v) is 7.31. The maximum Gasteiger partial charge on any atom is 0.407 e. The fourth-order valence-electron chi connectivity index (χ4n) is 5.02. The Bertz CT molecular complexity index is 1690. The highest BCUT2D eigenvalue weighted by atomic mass is 35.5. The molecule has 1 aliphatic rings. The number of aromatic nitrogens is 3. The number of hydrogen-bond donors (Lipinski definition) is 3. The second kappa shape index (κ2) is 10.9. The molecule has 3 N–H and O–H groups in total. The molecule has 12 heteroatoms. The zero-order valence-electron chi connectivity index (χ0n) is 22.8. The van der Waals surface area contributed by atoms with Crippen LogP contribution in [0.15, 0.2) is 42.6 Å². The minimum absolute atomic E-state index is 0.0304. The summed E-state index contributed by atoms with van der Waals surface area (Å²) >= 11 is 6.36. The summed E-state index contributed by atoms with van der Waals surface area (Å²) in [7, 11) is 0. The van der Waals surface area contributed by atoms with Crippen molar-refractivity contribution in [1.29, 1.82) is 5.26 Å². The lowest BCUT2D eigenvalue weighted by atomic mass is 9.95. The van der Waals surface area contributed by atoms with Crippen LogP contribution in [0.2, 0.25) is 5.28 Å². The van der Waals surface area contributed by atoms with E-state index in [9.17, 15) is 25.1 Å². The number of esters is 1. The highest BCUT2D eigenvalue weighted by Gasteiger charge is 2.33. The van der Waals surface area contributed by atoms with Crippen molar-refractivity contribution >= 4 is 51.3 Å². The number of halogens is 1. The summed E-state index contributed by atoms with van der Waals surface area (Å²) in [6.45, 7) is 6.06. The van der Waals surface area contributed by atoms with Gasteiger partial charge in [0.05, 0.1) is 23.9 Å². The zero-order chi connectivity index (χ0) is 29.5. The molecule has 0 bridgehead atoms. The molecular formula is C29H29ClN6O5. The number of ether oxygens (including phenoxy) is 1. The van der Waals surface area contributed by atoms with Gasteiger partial charge in [0.2, 0.25) is 5.28 Å². The molecular weight excluding hydrogens is 548 g/mol. The lowest BCUT2D eigenvalue weighted by Gasteiger charge is -2.39. The smallest absolute Gasteiger partial charge is 0.407 e. The summed E-state index contributed by atoms with van der Waals surface area (Å²) in [6.07, 6.45) is -0.588. The van der Waals surface area contributed by atoms with Gasteiger partial charge >= 0.3 is 12.1 Å². The number of carboxylic acid groups (broad SMARTS) is 1. The molecule has 1 aliphatic heterocycles. The summed E-state index contributed by atoms with van der Waals surface area (Å²) in [6, 6.07) is 12.4. The van der Waals surface area contributed by atoms with E-state index in [1.807, 2.05) is 29.2 Å². The van der Waals surface area contributed by atoms with Crippen LogP contribution in [0.25, 0.3) is 21.8 Å². The molecule has 1 saturated heterocycles. The van der Waals surface area contributed by atoms with E-state index in [0.29, 0.717) is 40.3 Å². The predicted octanol–water partition coefficient (Wildman–Crippen LogP) is 4.88. The van der Waals surface area contributed by atoms with Gasteiger partial charge in [0.15, 0.2) is 5.82 Å². The summed E-state index contributed by atoms with van der Waals surface area (Å²) in [5, 5.41) is 32.0. The number of piperazine rings is 1. The van der Waals surface area contributed by atoms with Gasteiger partial charge in [-0.05, 0) is 60.8 Å². The van der Waals surface area contributed by atoms with Crippen LogP contribution < -0.4 is 9.64 Å². The van der Waals surface area contributed by atoms with Gasteiger partial charge in [0, 0.05) is 31.4 Å². The molecule has 11 nitrogen and oxygen atoms in total. The molecule has 1 amide bonds. The van der Waals surface area contributed by atoms with E-state index in [4.69, 9.17) is 16.3 Å². The van der Waals surface area contributed by atoms with Crippen molar-refractivity contribution in [3.63, 3.8) is 0 Å². The first-order valence-corrected chi connectivity index (χ1v) is 13.4. The minimum atomic E-state index is -1.17. The molecule has 2 atom stereocenters. The molecule has 1 unspecified atom stereocenters. The molecule has 0 spiro atoms. The van der Waals surface area contributed by atoms with Crippen LogP contribution in [-0.4, -0.2) is 67.8 Å². The van der Waals surface area contributed by atoms with Gasteiger partial charge in [-0.1, -0.05) is 24.3 Å². The molecule has 0 radical (unpaired) electrons. The number of nitriles is 1. The van der Waals surface area contributed by atoms with Gasteiger partial charge < -0.3 is 29.7 Å². The van der Waals surface area contributed by atoms with E-state index in [1.165, 1.54) is 4.90 Å². The number of rotatable bonds is 5. The van der Waals surface area contributed by atoms with E-state index in [-0.39, 0.29) is 24.8 Å². The van der Waals surface area contributed by atoms with Crippen LogP contribution in [-0.2, 0) is 4.79 Å². The molecule has 41 heavy (non-hydrogen) atoms. The van der Waals surface area contributed by atoms with Gasteiger partial charge in [0.25, 0.3) is 0 Å². The first-order chi connectivity index (χ1) is 19.5. The number of aromatic amines is 1. The molecule has 0 aliphatic carbocycles. The van der Waals surface area contributed by atoms with Gasteiger partial charge in [-0.2, -0.15) is 10.2 Å². The number of nitrogens with one attached hydrogen (secondary N) is 1. The monoisotopic (exact) mass is 576 g/mol. The normalized spacial score (nSPS) is 16.5. The van der Waals surface area contributed by atoms with Gasteiger partial charge in [0.1, 0.15) is 22.9 Å². The Balaban J connectivity index is 1.56. The number of aliphatic hydroxyl groups excluding tert-OH is 1. The topological polar surface area (TPSA) is 156 Å². The lowest BCUT2D eigenvalue weighted by molar-refractivity contribution is -0.143. The quantitative estimate of drug-likeness (QED) is 0.171. The number of anilines is 1. The zero-order valence-corrected chi connectivity index (χ0v) is 23.5. The highest BCUT2D eigenvalue weighted by molar-refractivity contribution is 6.28. The van der Waals surface area contributed by atoms with Crippen molar-refractivity contribution in [3.8, 4) is 11.8 Å². The van der Waals surface area contributed by atoms with Gasteiger partial charge in [-0.15, -0.1) is 0 Å². The largest absolute Gasteiger partial charge is 0.465 e. The average molecular weight is 577 g/mol.